The highest BCUT2D eigenvalue weighted by atomic mass is 32.2. The summed E-state index contributed by atoms with van der Waals surface area (Å²) in [6.07, 6.45) is 1.80. The minimum Gasteiger partial charge on any atom is -0.320 e. The van der Waals surface area contributed by atoms with E-state index in [1.807, 2.05) is 6.92 Å². The summed E-state index contributed by atoms with van der Waals surface area (Å²) in [6.45, 7) is 4.93. The molecule has 1 fully saturated rings. The lowest BCUT2D eigenvalue weighted by molar-refractivity contribution is 0.220. The summed E-state index contributed by atoms with van der Waals surface area (Å²) in [4.78, 5) is 0.285. The molecule has 2 N–H and O–H groups in total. The van der Waals surface area contributed by atoms with E-state index in [4.69, 9.17) is 5.73 Å². The number of nitrogens with zero attached hydrogens (tertiary/aromatic N) is 1. The first-order chi connectivity index (χ1) is 9.96. The summed E-state index contributed by atoms with van der Waals surface area (Å²) in [5.74, 6) is 6.16. The number of sulfonamides is 1. The quantitative estimate of drug-likeness (QED) is 0.848. The van der Waals surface area contributed by atoms with Crippen LogP contribution < -0.4 is 5.73 Å². The van der Waals surface area contributed by atoms with Gasteiger partial charge in [0.2, 0.25) is 10.0 Å². The van der Waals surface area contributed by atoms with Crippen LogP contribution in [-0.2, 0) is 10.0 Å². The number of rotatable bonds is 2. The number of nitrogens with two attached hydrogens (primary N) is 1. The van der Waals surface area contributed by atoms with Crippen LogP contribution in [0.3, 0.4) is 0 Å². The zero-order valence-corrected chi connectivity index (χ0v) is 13.4. The maximum absolute atomic E-state index is 12.9. The van der Waals surface area contributed by atoms with Gasteiger partial charge in [-0.25, -0.2) is 8.42 Å². The topological polar surface area (TPSA) is 63.4 Å². The number of hydrogen-bond acceptors (Lipinski definition) is 3. The van der Waals surface area contributed by atoms with Crippen LogP contribution in [-0.4, -0.2) is 31.9 Å². The Morgan fingerprint density at radius 2 is 2.05 bits per heavy atom. The normalized spacial score (nSPS) is 23.4. The molecule has 114 valence electrons. The van der Waals surface area contributed by atoms with Crippen LogP contribution >= 0.6 is 0 Å². The molecule has 0 saturated carbocycles. The second-order valence-electron chi connectivity index (χ2n) is 5.60. The van der Waals surface area contributed by atoms with Gasteiger partial charge < -0.3 is 5.73 Å². The largest absolute Gasteiger partial charge is 0.320 e. The number of benzene rings is 1. The van der Waals surface area contributed by atoms with Gasteiger partial charge in [0.05, 0.1) is 11.4 Å². The van der Waals surface area contributed by atoms with Crippen molar-refractivity contribution in [2.24, 2.45) is 11.7 Å². The first-order valence-corrected chi connectivity index (χ1v) is 8.70. The van der Waals surface area contributed by atoms with Crippen molar-refractivity contribution in [1.29, 1.82) is 0 Å². The van der Waals surface area contributed by atoms with E-state index in [1.54, 1.807) is 28.6 Å². The molecule has 5 heteroatoms. The first-order valence-electron chi connectivity index (χ1n) is 7.26. The third kappa shape index (κ3) is 3.46. The Bertz CT molecular complexity index is 658. The van der Waals surface area contributed by atoms with E-state index in [9.17, 15) is 8.42 Å². The highest BCUT2D eigenvalue weighted by Crippen LogP contribution is 2.29. The van der Waals surface area contributed by atoms with Crippen molar-refractivity contribution < 1.29 is 8.42 Å². The van der Waals surface area contributed by atoms with Gasteiger partial charge in [-0.3, -0.25) is 0 Å². The molecule has 2 atom stereocenters. The molecule has 1 aliphatic heterocycles. The van der Waals surface area contributed by atoms with Crippen LogP contribution in [0.5, 0.6) is 0 Å². The minimum atomic E-state index is -3.51. The van der Waals surface area contributed by atoms with Crippen molar-refractivity contribution in [3.05, 3.63) is 29.8 Å². The minimum absolute atomic E-state index is 0.0225. The van der Waals surface area contributed by atoms with Crippen molar-refractivity contribution in [3.63, 3.8) is 0 Å². The highest BCUT2D eigenvalue weighted by molar-refractivity contribution is 7.89. The molecule has 0 amide bonds. The Kier molecular flexibility index (Phi) is 5.04. The van der Waals surface area contributed by atoms with E-state index in [0.717, 1.165) is 12.8 Å². The zero-order valence-electron chi connectivity index (χ0n) is 12.5. The van der Waals surface area contributed by atoms with Crippen molar-refractivity contribution in [3.8, 4) is 11.8 Å². The molecule has 1 aromatic carbocycles. The summed E-state index contributed by atoms with van der Waals surface area (Å²) in [5.41, 5.74) is 5.90. The lowest BCUT2D eigenvalue weighted by Gasteiger charge is -2.35. The molecule has 21 heavy (non-hydrogen) atoms. The molecule has 0 spiro atoms. The average Bonchev–Trinajstić information content (AvgIpc) is 2.45. The molecule has 2 unspecified atom stereocenters. The van der Waals surface area contributed by atoms with Crippen LogP contribution in [0.2, 0.25) is 0 Å². The molecule has 0 aromatic heterocycles. The molecule has 0 radical (unpaired) electrons. The molecule has 0 aliphatic carbocycles. The summed E-state index contributed by atoms with van der Waals surface area (Å²) >= 11 is 0. The molecule has 1 heterocycles. The maximum Gasteiger partial charge on any atom is 0.244 e. The Balaban J connectivity index is 2.40. The van der Waals surface area contributed by atoms with Crippen molar-refractivity contribution in [1.82, 2.24) is 4.31 Å². The lowest BCUT2D eigenvalue weighted by Crippen LogP contribution is -2.44. The van der Waals surface area contributed by atoms with Gasteiger partial charge >= 0.3 is 0 Å². The third-order valence-electron chi connectivity index (χ3n) is 3.88. The predicted octanol–water partition coefficient (Wildman–Crippen LogP) is 1.81. The van der Waals surface area contributed by atoms with Crippen molar-refractivity contribution >= 4 is 10.0 Å². The second kappa shape index (κ2) is 6.61. The fraction of sp³-hybridized carbons (Fsp3) is 0.500. The zero-order chi connectivity index (χ0) is 15.5. The third-order valence-corrected chi connectivity index (χ3v) is 5.95. The molecular formula is C16H22N2O2S. The van der Waals surface area contributed by atoms with Crippen LogP contribution in [0.4, 0.5) is 0 Å². The van der Waals surface area contributed by atoms with Gasteiger partial charge in [0.25, 0.3) is 0 Å². The number of hydrogen-bond donors (Lipinski definition) is 1. The summed E-state index contributed by atoms with van der Waals surface area (Å²) in [7, 11) is -3.51. The summed E-state index contributed by atoms with van der Waals surface area (Å²) in [6, 6.07) is 6.90. The van der Waals surface area contributed by atoms with E-state index >= 15 is 0 Å². The fourth-order valence-electron chi connectivity index (χ4n) is 2.81. The lowest BCUT2D eigenvalue weighted by atomic mass is 9.95. The Morgan fingerprint density at radius 3 is 2.71 bits per heavy atom. The van der Waals surface area contributed by atoms with E-state index in [0.29, 0.717) is 18.0 Å². The van der Waals surface area contributed by atoms with E-state index < -0.39 is 10.0 Å². The molecule has 4 nitrogen and oxygen atoms in total. The molecule has 1 aliphatic rings. The Morgan fingerprint density at radius 1 is 1.33 bits per heavy atom. The van der Waals surface area contributed by atoms with Crippen LogP contribution in [0.1, 0.15) is 32.3 Å². The van der Waals surface area contributed by atoms with Crippen molar-refractivity contribution in [2.45, 2.75) is 37.6 Å². The van der Waals surface area contributed by atoms with E-state index in [2.05, 4.69) is 18.8 Å². The van der Waals surface area contributed by atoms with E-state index in [1.165, 1.54) is 0 Å². The van der Waals surface area contributed by atoms with Crippen molar-refractivity contribution in [2.75, 3.05) is 13.1 Å². The SMILES string of the molecule is CC1CCN(S(=O)(=O)c2ccccc2C#CCN)C(C)C1. The Hall–Kier alpha value is -1.35. The number of piperidine rings is 1. The van der Waals surface area contributed by atoms with Gasteiger partial charge in [0, 0.05) is 18.2 Å². The van der Waals surface area contributed by atoms with Gasteiger partial charge in [-0.2, -0.15) is 4.31 Å². The average molecular weight is 306 g/mol. The second-order valence-corrected chi connectivity index (χ2v) is 7.46. The van der Waals surface area contributed by atoms with Crippen LogP contribution in [0.15, 0.2) is 29.2 Å². The first kappa shape index (κ1) is 16.0. The monoisotopic (exact) mass is 306 g/mol. The summed E-state index contributed by atoms with van der Waals surface area (Å²) < 4.78 is 27.4. The van der Waals surface area contributed by atoms with Gasteiger partial charge in [0.15, 0.2) is 0 Å². The molecular weight excluding hydrogens is 284 g/mol. The molecule has 1 aromatic rings. The summed E-state index contributed by atoms with van der Waals surface area (Å²) in [5, 5.41) is 0. The smallest absolute Gasteiger partial charge is 0.244 e. The van der Waals surface area contributed by atoms with Gasteiger partial charge in [0.1, 0.15) is 0 Å². The standard InChI is InChI=1S/C16H22N2O2S/c1-13-9-11-18(14(2)12-13)21(19,20)16-8-4-3-6-15(16)7-5-10-17/h3-4,6,8,13-14H,9-12,17H2,1-2H3. The highest BCUT2D eigenvalue weighted by Gasteiger charge is 2.34. The van der Waals surface area contributed by atoms with Crippen LogP contribution in [0, 0.1) is 17.8 Å². The van der Waals surface area contributed by atoms with Gasteiger partial charge in [-0.1, -0.05) is 30.9 Å². The van der Waals surface area contributed by atoms with Gasteiger partial charge in [-0.05, 0) is 37.8 Å². The van der Waals surface area contributed by atoms with E-state index in [-0.39, 0.29) is 17.5 Å². The molecule has 0 bridgehead atoms. The van der Waals surface area contributed by atoms with Crippen LogP contribution in [0.25, 0.3) is 0 Å². The maximum atomic E-state index is 12.9. The predicted molar refractivity (Wildman–Crippen MR) is 84.1 cm³/mol. The fourth-order valence-corrected chi connectivity index (χ4v) is 4.62. The van der Waals surface area contributed by atoms with Gasteiger partial charge in [-0.15, -0.1) is 0 Å². The Labute approximate surface area is 127 Å². The molecule has 1 saturated heterocycles. The molecule has 2 rings (SSSR count).